The fourth-order valence-electron chi connectivity index (χ4n) is 2.41. The highest BCUT2D eigenvalue weighted by Crippen LogP contribution is 2.18. The van der Waals surface area contributed by atoms with Crippen LogP contribution in [-0.2, 0) is 11.3 Å². The number of anilines is 1. The number of H-pyrrole nitrogens is 1. The third-order valence-electron chi connectivity index (χ3n) is 3.66. The number of rotatable bonds is 5. The molecule has 0 bridgehead atoms. The molecule has 0 spiro atoms. The lowest BCUT2D eigenvalue weighted by molar-refractivity contribution is 0.0599. The van der Waals surface area contributed by atoms with Crippen LogP contribution in [0.4, 0.5) is 5.82 Å². The molecule has 0 aliphatic heterocycles. The molecule has 2 aromatic carbocycles. The molecule has 0 unspecified atom stereocenters. The molecule has 3 rings (SSSR count). The SMILES string of the molecule is COC(=O)c1c(NCc2ccccc2)nc(-c2ccccc2)[nH]c1=O. The highest BCUT2D eigenvalue weighted by atomic mass is 16.5. The average Bonchev–Trinajstić information content (AvgIpc) is 2.67. The summed E-state index contributed by atoms with van der Waals surface area (Å²) in [5.41, 5.74) is 1.06. The van der Waals surface area contributed by atoms with Gasteiger partial charge in [0.15, 0.2) is 5.56 Å². The Kier molecular flexibility index (Phi) is 4.89. The molecule has 25 heavy (non-hydrogen) atoms. The number of hydrogen-bond acceptors (Lipinski definition) is 5. The molecule has 6 heteroatoms. The minimum Gasteiger partial charge on any atom is -0.465 e. The van der Waals surface area contributed by atoms with Crippen molar-refractivity contribution >= 4 is 11.8 Å². The normalized spacial score (nSPS) is 10.3. The van der Waals surface area contributed by atoms with Crippen LogP contribution in [0.2, 0.25) is 0 Å². The van der Waals surface area contributed by atoms with Crippen molar-refractivity contribution in [3.05, 3.63) is 82.1 Å². The summed E-state index contributed by atoms with van der Waals surface area (Å²) in [4.78, 5) is 31.5. The first kappa shape index (κ1) is 16.4. The van der Waals surface area contributed by atoms with Crippen LogP contribution >= 0.6 is 0 Å². The van der Waals surface area contributed by atoms with E-state index < -0.39 is 11.5 Å². The number of carbonyl (C=O) groups is 1. The van der Waals surface area contributed by atoms with E-state index in [4.69, 9.17) is 4.74 Å². The minimum absolute atomic E-state index is 0.141. The van der Waals surface area contributed by atoms with Crippen molar-refractivity contribution in [2.45, 2.75) is 6.54 Å². The van der Waals surface area contributed by atoms with E-state index in [9.17, 15) is 9.59 Å². The number of hydrogen-bond donors (Lipinski definition) is 2. The second-order valence-corrected chi connectivity index (χ2v) is 5.33. The van der Waals surface area contributed by atoms with Gasteiger partial charge < -0.3 is 15.0 Å². The molecule has 0 fully saturated rings. The first-order chi connectivity index (χ1) is 12.2. The summed E-state index contributed by atoms with van der Waals surface area (Å²) in [6.45, 7) is 0.426. The summed E-state index contributed by atoms with van der Waals surface area (Å²) in [6, 6.07) is 18.9. The van der Waals surface area contributed by atoms with Crippen LogP contribution < -0.4 is 10.9 Å². The Bertz CT molecular complexity index is 922. The number of methoxy groups -OCH3 is 1. The zero-order valence-electron chi connectivity index (χ0n) is 13.7. The highest BCUT2D eigenvalue weighted by molar-refractivity contribution is 5.94. The lowest BCUT2D eigenvalue weighted by atomic mass is 10.2. The molecule has 6 nitrogen and oxygen atoms in total. The third-order valence-corrected chi connectivity index (χ3v) is 3.66. The van der Waals surface area contributed by atoms with Gasteiger partial charge in [-0.3, -0.25) is 4.79 Å². The fourth-order valence-corrected chi connectivity index (χ4v) is 2.41. The second kappa shape index (κ2) is 7.44. The monoisotopic (exact) mass is 335 g/mol. The number of aromatic nitrogens is 2. The van der Waals surface area contributed by atoms with E-state index in [0.717, 1.165) is 11.1 Å². The minimum atomic E-state index is -0.732. The smallest absolute Gasteiger partial charge is 0.347 e. The van der Waals surface area contributed by atoms with Gasteiger partial charge in [-0.05, 0) is 5.56 Å². The summed E-state index contributed by atoms with van der Waals surface area (Å²) < 4.78 is 4.72. The quantitative estimate of drug-likeness (QED) is 0.701. The van der Waals surface area contributed by atoms with E-state index in [0.29, 0.717) is 12.4 Å². The van der Waals surface area contributed by atoms with Gasteiger partial charge in [-0.2, -0.15) is 0 Å². The summed E-state index contributed by atoms with van der Waals surface area (Å²) in [5.74, 6) is -0.156. The summed E-state index contributed by atoms with van der Waals surface area (Å²) in [7, 11) is 1.23. The molecule has 0 saturated heterocycles. The Morgan fingerprint density at radius 3 is 2.36 bits per heavy atom. The van der Waals surface area contributed by atoms with Crippen LogP contribution in [0.25, 0.3) is 11.4 Å². The van der Waals surface area contributed by atoms with Gasteiger partial charge in [0.05, 0.1) is 7.11 Å². The molecule has 1 heterocycles. The van der Waals surface area contributed by atoms with Crippen LogP contribution in [-0.4, -0.2) is 23.0 Å². The summed E-state index contributed by atoms with van der Waals surface area (Å²) >= 11 is 0. The van der Waals surface area contributed by atoms with Crippen LogP contribution in [0.15, 0.2) is 65.5 Å². The largest absolute Gasteiger partial charge is 0.465 e. The average molecular weight is 335 g/mol. The topological polar surface area (TPSA) is 84.1 Å². The van der Waals surface area contributed by atoms with Crippen molar-refractivity contribution in [3.63, 3.8) is 0 Å². The van der Waals surface area contributed by atoms with Gasteiger partial charge in [0.1, 0.15) is 11.6 Å². The molecule has 3 aromatic rings. The first-order valence-electron chi connectivity index (χ1n) is 7.75. The highest BCUT2D eigenvalue weighted by Gasteiger charge is 2.20. The number of nitrogens with zero attached hydrogens (tertiary/aromatic N) is 1. The lowest BCUT2D eigenvalue weighted by Gasteiger charge is -2.11. The molecule has 0 amide bonds. The summed E-state index contributed by atoms with van der Waals surface area (Å²) in [5, 5.41) is 3.06. The van der Waals surface area contributed by atoms with Crippen molar-refractivity contribution in [2.75, 3.05) is 12.4 Å². The second-order valence-electron chi connectivity index (χ2n) is 5.33. The first-order valence-corrected chi connectivity index (χ1v) is 7.75. The number of aromatic amines is 1. The molecular formula is C19H17N3O3. The van der Waals surface area contributed by atoms with Crippen molar-refractivity contribution in [1.29, 1.82) is 0 Å². The maximum Gasteiger partial charge on any atom is 0.347 e. The molecule has 1 aromatic heterocycles. The molecule has 0 saturated carbocycles. The third kappa shape index (κ3) is 3.74. The number of benzene rings is 2. The van der Waals surface area contributed by atoms with Crippen LogP contribution in [0.3, 0.4) is 0 Å². The van der Waals surface area contributed by atoms with Gasteiger partial charge in [-0.1, -0.05) is 60.7 Å². The van der Waals surface area contributed by atoms with E-state index in [1.165, 1.54) is 7.11 Å². The van der Waals surface area contributed by atoms with Gasteiger partial charge in [0, 0.05) is 12.1 Å². The van der Waals surface area contributed by atoms with Crippen molar-refractivity contribution in [2.24, 2.45) is 0 Å². The lowest BCUT2D eigenvalue weighted by Crippen LogP contribution is -2.24. The number of esters is 1. The van der Waals surface area contributed by atoms with Crippen molar-refractivity contribution < 1.29 is 9.53 Å². The van der Waals surface area contributed by atoms with E-state index in [-0.39, 0.29) is 11.4 Å². The van der Waals surface area contributed by atoms with Gasteiger partial charge in [0.25, 0.3) is 5.56 Å². The Morgan fingerprint density at radius 2 is 1.72 bits per heavy atom. The van der Waals surface area contributed by atoms with Crippen molar-refractivity contribution in [3.8, 4) is 11.4 Å². The Hall–Kier alpha value is -3.41. The van der Waals surface area contributed by atoms with Crippen LogP contribution in [0.5, 0.6) is 0 Å². The van der Waals surface area contributed by atoms with E-state index in [1.807, 2.05) is 60.7 Å². The molecule has 2 N–H and O–H groups in total. The molecule has 0 atom stereocenters. The Labute approximate surface area is 144 Å². The Morgan fingerprint density at radius 1 is 1.08 bits per heavy atom. The Balaban J connectivity index is 2.01. The van der Waals surface area contributed by atoms with Gasteiger partial charge in [0.2, 0.25) is 0 Å². The van der Waals surface area contributed by atoms with Crippen molar-refractivity contribution in [1.82, 2.24) is 9.97 Å². The number of nitrogens with one attached hydrogen (secondary N) is 2. The van der Waals surface area contributed by atoms with Gasteiger partial charge in [-0.25, -0.2) is 9.78 Å². The molecular weight excluding hydrogens is 318 g/mol. The van der Waals surface area contributed by atoms with E-state index >= 15 is 0 Å². The number of carbonyl (C=O) groups excluding carboxylic acids is 1. The molecule has 0 aliphatic rings. The zero-order chi connectivity index (χ0) is 17.6. The zero-order valence-corrected chi connectivity index (χ0v) is 13.7. The fraction of sp³-hybridized carbons (Fsp3) is 0.105. The summed E-state index contributed by atoms with van der Waals surface area (Å²) in [6.07, 6.45) is 0. The van der Waals surface area contributed by atoms with Crippen LogP contribution in [0, 0.1) is 0 Å². The number of ether oxygens (including phenoxy) is 1. The predicted octanol–water partition coefficient (Wildman–Crippen LogP) is 2.84. The standard InChI is InChI=1S/C19H17N3O3/c1-25-19(24)15-17(20-12-13-8-4-2-5-9-13)21-16(22-18(15)23)14-10-6-3-7-11-14/h2-11H,12H2,1H3,(H2,20,21,22,23). The predicted molar refractivity (Wildman–Crippen MR) is 95.4 cm³/mol. The molecule has 0 aliphatic carbocycles. The van der Waals surface area contributed by atoms with E-state index in [2.05, 4.69) is 15.3 Å². The van der Waals surface area contributed by atoms with Gasteiger partial charge in [-0.15, -0.1) is 0 Å². The van der Waals surface area contributed by atoms with Crippen LogP contribution in [0.1, 0.15) is 15.9 Å². The maximum absolute atomic E-state index is 12.4. The molecule has 126 valence electrons. The van der Waals surface area contributed by atoms with E-state index in [1.54, 1.807) is 0 Å². The maximum atomic E-state index is 12.4. The van der Waals surface area contributed by atoms with Gasteiger partial charge >= 0.3 is 5.97 Å². The molecule has 0 radical (unpaired) electrons.